The number of nitrogens with zero attached hydrogens (tertiary/aromatic N) is 4. The Morgan fingerprint density at radius 1 is 1.10 bits per heavy atom. The minimum atomic E-state index is -0.676. The van der Waals surface area contributed by atoms with Crippen molar-refractivity contribution in [3.8, 4) is 17.0 Å². The number of halogens is 3. The van der Waals surface area contributed by atoms with Gasteiger partial charge >= 0.3 is 6.03 Å². The van der Waals surface area contributed by atoms with E-state index in [1.807, 2.05) is 38.7 Å². The third kappa shape index (κ3) is 6.26. The first-order valence-electron chi connectivity index (χ1n) is 14.0. The molecule has 0 atom stereocenters. The fourth-order valence-electron chi connectivity index (χ4n) is 5.70. The van der Waals surface area contributed by atoms with Gasteiger partial charge in [-0.15, -0.1) is 0 Å². The van der Waals surface area contributed by atoms with E-state index in [1.165, 1.54) is 12.1 Å². The van der Waals surface area contributed by atoms with Crippen molar-refractivity contribution in [2.45, 2.75) is 65.0 Å². The average Bonchev–Trinajstić information content (AvgIpc) is 2.91. The van der Waals surface area contributed by atoms with Crippen LogP contribution >= 0.6 is 0 Å². The average molecular weight is 568 g/mol. The minimum absolute atomic E-state index is 0.0235. The van der Waals surface area contributed by atoms with Gasteiger partial charge in [-0.3, -0.25) is 0 Å². The van der Waals surface area contributed by atoms with Crippen LogP contribution in [0.4, 0.5) is 23.7 Å². The number of amides is 2. The van der Waals surface area contributed by atoms with Crippen molar-refractivity contribution in [1.29, 1.82) is 0 Å². The molecule has 0 unspecified atom stereocenters. The van der Waals surface area contributed by atoms with Gasteiger partial charge < -0.3 is 20.3 Å². The number of fused-ring (bicyclic) bond motifs is 1. The summed E-state index contributed by atoms with van der Waals surface area (Å²) in [5, 5.41) is 0. The fourth-order valence-corrected chi connectivity index (χ4v) is 5.70. The highest BCUT2D eigenvalue weighted by Gasteiger charge is 2.35. The molecule has 0 bridgehead atoms. The standard InChI is InChI=1S/C31H36F3N5O2/c1-18(2)39-17-31(3,4)41-29-24(33)14-22(15-26(29)39)28-25(34)16-36-27(37-28)13-20-5-6-21(23(32)12-20)11-19-7-9-38(10-8-19)30(35)40/h5-6,12,14-16,18-19H,7-11,13,17H2,1-4H3,(H2,35,40). The molecule has 1 fully saturated rings. The molecule has 2 aliphatic rings. The number of urea groups is 1. The third-order valence-corrected chi connectivity index (χ3v) is 7.87. The van der Waals surface area contributed by atoms with Gasteiger partial charge in [-0.1, -0.05) is 12.1 Å². The molecule has 0 spiro atoms. The van der Waals surface area contributed by atoms with Gasteiger partial charge in [0.1, 0.15) is 22.9 Å². The van der Waals surface area contributed by atoms with Crippen LogP contribution in [0.1, 0.15) is 57.5 Å². The van der Waals surface area contributed by atoms with Gasteiger partial charge in [-0.25, -0.2) is 27.9 Å². The second kappa shape index (κ2) is 11.2. The molecule has 0 radical (unpaired) electrons. The van der Waals surface area contributed by atoms with Gasteiger partial charge in [0.25, 0.3) is 0 Å². The Kier molecular flexibility index (Phi) is 7.85. The second-order valence-corrected chi connectivity index (χ2v) is 11.9. The Labute approximate surface area is 238 Å². The molecule has 41 heavy (non-hydrogen) atoms. The minimum Gasteiger partial charge on any atom is -0.481 e. The summed E-state index contributed by atoms with van der Waals surface area (Å²) in [5.74, 6) is -0.880. The SMILES string of the molecule is CC(C)N1CC(C)(C)Oc2c(F)cc(-c3nc(Cc4ccc(CC5CCN(C(N)=O)CC5)c(F)c4)ncc3F)cc21. The largest absolute Gasteiger partial charge is 0.481 e. The Morgan fingerprint density at radius 3 is 2.49 bits per heavy atom. The Bertz CT molecular complexity index is 1450. The van der Waals surface area contributed by atoms with Crippen molar-refractivity contribution in [2.24, 2.45) is 11.7 Å². The number of carbonyl (C=O) groups excluding carboxylic acids is 1. The lowest BCUT2D eigenvalue weighted by Gasteiger charge is -2.43. The highest BCUT2D eigenvalue weighted by molar-refractivity contribution is 5.73. The molecule has 2 aromatic carbocycles. The molecule has 3 heterocycles. The van der Waals surface area contributed by atoms with Crippen LogP contribution in [0.2, 0.25) is 0 Å². The van der Waals surface area contributed by atoms with Crippen molar-refractivity contribution >= 4 is 11.7 Å². The summed E-state index contributed by atoms with van der Waals surface area (Å²) in [6, 6.07) is 7.62. The number of hydrogen-bond acceptors (Lipinski definition) is 5. The fraction of sp³-hybridized carbons (Fsp3) is 0.452. The van der Waals surface area contributed by atoms with Gasteiger partial charge in [-0.2, -0.15) is 0 Å². The molecule has 0 saturated carbocycles. The van der Waals surface area contributed by atoms with E-state index in [2.05, 4.69) is 9.97 Å². The summed E-state index contributed by atoms with van der Waals surface area (Å²) in [5.41, 5.74) is 6.82. The molecular formula is C31H36F3N5O2. The van der Waals surface area contributed by atoms with Crippen LogP contribution in [0, 0.1) is 23.4 Å². The molecule has 7 nitrogen and oxygen atoms in total. The van der Waals surface area contributed by atoms with Crippen LogP contribution in [0.5, 0.6) is 5.75 Å². The normalized spacial score (nSPS) is 17.0. The van der Waals surface area contributed by atoms with E-state index in [0.717, 1.165) is 19.0 Å². The van der Waals surface area contributed by atoms with Crippen LogP contribution in [0.3, 0.4) is 0 Å². The summed E-state index contributed by atoms with van der Waals surface area (Å²) in [6.07, 6.45) is 3.38. The zero-order valence-corrected chi connectivity index (χ0v) is 23.9. The van der Waals surface area contributed by atoms with Crippen LogP contribution in [-0.2, 0) is 12.8 Å². The number of rotatable bonds is 6. The van der Waals surface area contributed by atoms with Crippen LogP contribution in [0.25, 0.3) is 11.3 Å². The lowest BCUT2D eigenvalue weighted by Crippen LogP contribution is -2.49. The van der Waals surface area contributed by atoms with Gasteiger partial charge in [-0.05, 0) is 82.2 Å². The Balaban J connectivity index is 1.35. The number of benzene rings is 2. The van der Waals surface area contributed by atoms with E-state index in [1.54, 1.807) is 17.0 Å². The summed E-state index contributed by atoms with van der Waals surface area (Å²) < 4.78 is 51.2. The monoisotopic (exact) mass is 567 g/mol. The van der Waals surface area contributed by atoms with Gasteiger partial charge in [0.15, 0.2) is 17.4 Å². The maximum absolute atomic E-state index is 15.3. The number of anilines is 1. The van der Waals surface area contributed by atoms with E-state index < -0.39 is 23.3 Å². The van der Waals surface area contributed by atoms with Gasteiger partial charge in [0.2, 0.25) is 0 Å². The van der Waals surface area contributed by atoms with E-state index in [9.17, 15) is 9.18 Å². The highest BCUT2D eigenvalue weighted by atomic mass is 19.1. The van der Waals surface area contributed by atoms with Crippen molar-refractivity contribution in [3.05, 3.63) is 70.9 Å². The molecule has 0 aliphatic carbocycles. The number of carbonyl (C=O) groups is 1. The zero-order chi connectivity index (χ0) is 29.5. The number of ether oxygens (including phenoxy) is 1. The van der Waals surface area contributed by atoms with E-state index in [-0.39, 0.29) is 41.2 Å². The number of aromatic nitrogens is 2. The van der Waals surface area contributed by atoms with Crippen molar-refractivity contribution in [1.82, 2.24) is 14.9 Å². The molecule has 218 valence electrons. The first kappa shape index (κ1) is 28.7. The number of nitrogens with two attached hydrogens (primary N) is 1. The van der Waals surface area contributed by atoms with E-state index in [4.69, 9.17) is 10.5 Å². The highest BCUT2D eigenvalue weighted by Crippen LogP contribution is 2.42. The number of likely N-dealkylation sites (tertiary alicyclic amines) is 1. The molecule has 1 saturated heterocycles. The van der Waals surface area contributed by atoms with Crippen molar-refractivity contribution in [2.75, 3.05) is 24.5 Å². The molecular weight excluding hydrogens is 531 g/mol. The molecule has 2 amide bonds. The molecule has 2 N–H and O–H groups in total. The summed E-state index contributed by atoms with van der Waals surface area (Å²) in [7, 11) is 0. The predicted molar refractivity (Wildman–Crippen MR) is 151 cm³/mol. The van der Waals surface area contributed by atoms with Crippen LogP contribution in [-0.4, -0.2) is 52.2 Å². The summed E-state index contributed by atoms with van der Waals surface area (Å²) in [6.45, 7) is 9.54. The van der Waals surface area contributed by atoms with Crippen LogP contribution < -0.4 is 15.4 Å². The number of piperidine rings is 1. The lowest BCUT2D eigenvalue weighted by molar-refractivity contribution is 0.0967. The molecule has 3 aromatic rings. The Morgan fingerprint density at radius 2 is 1.83 bits per heavy atom. The lowest BCUT2D eigenvalue weighted by atomic mass is 9.89. The second-order valence-electron chi connectivity index (χ2n) is 11.9. The van der Waals surface area contributed by atoms with Crippen molar-refractivity contribution in [3.63, 3.8) is 0 Å². The van der Waals surface area contributed by atoms with E-state index >= 15 is 8.78 Å². The zero-order valence-electron chi connectivity index (χ0n) is 23.9. The Hall–Kier alpha value is -3.82. The summed E-state index contributed by atoms with van der Waals surface area (Å²) in [4.78, 5) is 23.5. The predicted octanol–water partition coefficient (Wildman–Crippen LogP) is 5.87. The maximum atomic E-state index is 15.3. The van der Waals surface area contributed by atoms with Crippen LogP contribution in [0.15, 0.2) is 36.5 Å². The van der Waals surface area contributed by atoms with E-state index in [0.29, 0.717) is 48.7 Å². The maximum Gasteiger partial charge on any atom is 0.314 e. The molecule has 1 aromatic heterocycles. The smallest absolute Gasteiger partial charge is 0.314 e. The molecule has 2 aliphatic heterocycles. The van der Waals surface area contributed by atoms with Gasteiger partial charge in [0, 0.05) is 31.1 Å². The van der Waals surface area contributed by atoms with Crippen molar-refractivity contribution < 1.29 is 22.7 Å². The topological polar surface area (TPSA) is 84.6 Å². The first-order chi connectivity index (χ1) is 19.4. The number of hydrogen-bond donors (Lipinski definition) is 1. The summed E-state index contributed by atoms with van der Waals surface area (Å²) >= 11 is 0. The van der Waals surface area contributed by atoms with Gasteiger partial charge in [0.05, 0.1) is 18.4 Å². The number of primary amides is 1. The quantitative estimate of drug-likeness (QED) is 0.403. The third-order valence-electron chi connectivity index (χ3n) is 7.87. The first-order valence-corrected chi connectivity index (χ1v) is 14.0. The molecule has 5 rings (SSSR count). The molecule has 10 heteroatoms.